The second-order valence-corrected chi connectivity index (χ2v) is 8.95. The molecule has 1 aromatic carbocycles. The lowest BCUT2D eigenvalue weighted by Gasteiger charge is -2.26. The van der Waals surface area contributed by atoms with Gasteiger partial charge in [0.2, 0.25) is 11.9 Å². The summed E-state index contributed by atoms with van der Waals surface area (Å²) in [6.07, 6.45) is 2.93. The zero-order valence-electron chi connectivity index (χ0n) is 19.3. The van der Waals surface area contributed by atoms with Crippen LogP contribution in [0.5, 0.6) is 5.75 Å². The number of carbonyl (C=O) groups is 1. The number of ether oxygens (including phenoxy) is 1. The zero-order chi connectivity index (χ0) is 24.0. The van der Waals surface area contributed by atoms with E-state index in [9.17, 15) is 14.0 Å². The molecule has 8 nitrogen and oxygen atoms in total. The van der Waals surface area contributed by atoms with E-state index >= 15 is 0 Å². The molecule has 2 fully saturated rings. The average molecular weight is 464 g/mol. The standard InChI is InChI=1S/C25H26FN5O3/c1-29-22(32)11-21(17-7-8-27-12-20(17)26)28-25(29)30(2)24-18-13-31(14-19(18)24)23(33)10-15-5-4-6-16(9-15)34-3/h4-9,11-12,18-19,24H,10,13-14H2,1-3H3/t18-,19+,24-. The molecule has 0 N–H and O–H groups in total. The molecule has 1 saturated carbocycles. The van der Waals surface area contributed by atoms with E-state index in [-0.39, 0.29) is 28.8 Å². The predicted octanol–water partition coefficient (Wildman–Crippen LogP) is 2.13. The summed E-state index contributed by atoms with van der Waals surface area (Å²) in [5.74, 6) is 1.43. The summed E-state index contributed by atoms with van der Waals surface area (Å²) in [4.78, 5) is 37.7. The minimum Gasteiger partial charge on any atom is -0.497 e. The van der Waals surface area contributed by atoms with Gasteiger partial charge in [-0.1, -0.05) is 12.1 Å². The molecule has 3 atom stereocenters. The van der Waals surface area contributed by atoms with Crippen molar-refractivity contribution in [2.24, 2.45) is 18.9 Å². The lowest BCUT2D eigenvalue weighted by atomic mass is 10.1. The van der Waals surface area contributed by atoms with Gasteiger partial charge in [0.15, 0.2) is 5.82 Å². The molecule has 0 unspecified atom stereocenters. The number of pyridine rings is 1. The van der Waals surface area contributed by atoms with Crippen LogP contribution in [0.25, 0.3) is 11.3 Å². The monoisotopic (exact) mass is 463 g/mol. The Bertz CT molecular complexity index is 1300. The Balaban J connectivity index is 1.28. The van der Waals surface area contributed by atoms with Gasteiger partial charge in [0.05, 0.1) is 25.4 Å². The van der Waals surface area contributed by atoms with Crippen molar-refractivity contribution >= 4 is 11.9 Å². The maximum Gasteiger partial charge on any atom is 0.255 e. The van der Waals surface area contributed by atoms with E-state index in [1.807, 2.05) is 41.1 Å². The summed E-state index contributed by atoms with van der Waals surface area (Å²) in [6, 6.07) is 10.6. The number of piperidine rings is 1. The second-order valence-electron chi connectivity index (χ2n) is 8.95. The molecule has 1 saturated heterocycles. The maximum absolute atomic E-state index is 14.2. The van der Waals surface area contributed by atoms with Gasteiger partial charge >= 0.3 is 0 Å². The predicted molar refractivity (Wildman–Crippen MR) is 125 cm³/mol. The number of carbonyl (C=O) groups excluding carboxylic acids is 1. The number of halogens is 1. The minimum atomic E-state index is -0.523. The number of anilines is 1. The highest BCUT2D eigenvalue weighted by Crippen LogP contribution is 2.49. The molecule has 1 aliphatic carbocycles. The van der Waals surface area contributed by atoms with Crippen LogP contribution < -0.4 is 15.2 Å². The first-order valence-electron chi connectivity index (χ1n) is 11.2. The number of amides is 1. The first kappa shape index (κ1) is 22.1. The summed E-state index contributed by atoms with van der Waals surface area (Å²) in [5, 5.41) is 0. The van der Waals surface area contributed by atoms with Gasteiger partial charge < -0.3 is 14.5 Å². The highest BCUT2D eigenvalue weighted by molar-refractivity contribution is 5.79. The number of fused-ring (bicyclic) bond motifs is 1. The highest BCUT2D eigenvalue weighted by Gasteiger charge is 2.59. The van der Waals surface area contributed by atoms with Crippen molar-refractivity contribution in [1.29, 1.82) is 0 Å². The van der Waals surface area contributed by atoms with E-state index in [2.05, 4.69) is 9.97 Å². The van der Waals surface area contributed by atoms with Crippen molar-refractivity contribution < 1.29 is 13.9 Å². The van der Waals surface area contributed by atoms with Gasteiger partial charge in [0.1, 0.15) is 5.75 Å². The van der Waals surface area contributed by atoms with Crippen LogP contribution in [0.2, 0.25) is 0 Å². The van der Waals surface area contributed by atoms with Crippen LogP contribution in [0, 0.1) is 17.7 Å². The van der Waals surface area contributed by atoms with Crippen LogP contribution >= 0.6 is 0 Å². The Labute approximate surface area is 196 Å². The first-order valence-corrected chi connectivity index (χ1v) is 11.2. The summed E-state index contributed by atoms with van der Waals surface area (Å²) in [7, 11) is 5.18. The number of benzene rings is 1. The molecule has 0 spiro atoms. The fourth-order valence-corrected chi connectivity index (χ4v) is 5.04. The molecular weight excluding hydrogens is 437 g/mol. The summed E-state index contributed by atoms with van der Waals surface area (Å²) in [6.45, 7) is 1.35. The minimum absolute atomic E-state index is 0.0996. The first-order chi connectivity index (χ1) is 16.4. The van der Waals surface area contributed by atoms with E-state index in [0.717, 1.165) is 17.5 Å². The summed E-state index contributed by atoms with van der Waals surface area (Å²) in [5.41, 5.74) is 1.19. The fourth-order valence-electron chi connectivity index (χ4n) is 5.04. The number of methoxy groups -OCH3 is 1. The van der Waals surface area contributed by atoms with Crippen molar-refractivity contribution in [2.45, 2.75) is 12.5 Å². The molecule has 0 radical (unpaired) electrons. The van der Waals surface area contributed by atoms with Gasteiger partial charge in [-0.05, 0) is 23.8 Å². The van der Waals surface area contributed by atoms with Gasteiger partial charge in [0, 0.05) is 62.9 Å². The Kier molecular flexibility index (Phi) is 5.55. The van der Waals surface area contributed by atoms with Gasteiger partial charge in [-0.3, -0.25) is 19.1 Å². The van der Waals surface area contributed by atoms with Crippen molar-refractivity contribution in [3.05, 3.63) is 70.5 Å². The van der Waals surface area contributed by atoms with Crippen LogP contribution in [0.3, 0.4) is 0 Å². The van der Waals surface area contributed by atoms with Crippen LogP contribution in [-0.2, 0) is 18.3 Å². The largest absolute Gasteiger partial charge is 0.497 e. The molecule has 34 heavy (non-hydrogen) atoms. The molecule has 3 heterocycles. The molecule has 3 aromatic rings. The van der Waals surface area contributed by atoms with E-state index in [1.165, 1.54) is 22.9 Å². The smallest absolute Gasteiger partial charge is 0.255 e. The number of hydrogen-bond donors (Lipinski definition) is 0. The van der Waals surface area contributed by atoms with Crippen molar-refractivity contribution in [3.63, 3.8) is 0 Å². The Morgan fingerprint density at radius 2 is 2.00 bits per heavy atom. The lowest BCUT2D eigenvalue weighted by molar-refractivity contribution is -0.130. The maximum atomic E-state index is 14.2. The quantitative estimate of drug-likeness (QED) is 0.557. The van der Waals surface area contributed by atoms with Crippen LogP contribution in [-0.4, -0.2) is 58.6 Å². The third-order valence-corrected chi connectivity index (χ3v) is 6.91. The molecule has 176 valence electrons. The molecule has 9 heteroatoms. The summed E-state index contributed by atoms with van der Waals surface area (Å²) >= 11 is 0. The molecule has 2 aliphatic rings. The van der Waals surface area contributed by atoms with Gasteiger partial charge in [-0.15, -0.1) is 0 Å². The number of likely N-dealkylation sites (tertiary alicyclic amines) is 1. The molecule has 1 aliphatic heterocycles. The van der Waals surface area contributed by atoms with E-state index in [0.29, 0.717) is 37.3 Å². The third kappa shape index (κ3) is 3.91. The van der Waals surface area contributed by atoms with Gasteiger partial charge in [-0.2, -0.15) is 0 Å². The number of rotatable bonds is 6. The molecule has 2 aromatic heterocycles. The SMILES string of the molecule is COc1cccc(CC(=O)N2C[C@@H]3[C@H](C2)[C@@H]3N(C)c2nc(-c3ccncc3F)cc(=O)n2C)c1. The second kappa shape index (κ2) is 8.55. The van der Waals surface area contributed by atoms with Crippen molar-refractivity contribution in [3.8, 4) is 17.0 Å². The van der Waals surface area contributed by atoms with Crippen LogP contribution in [0.1, 0.15) is 5.56 Å². The number of nitrogens with zero attached hydrogens (tertiary/aromatic N) is 5. The van der Waals surface area contributed by atoms with E-state index in [1.54, 1.807) is 14.2 Å². The Hall–Kier alpha value is -3.75. The van der Waals surface area contributed by atoms with Crippen molar-refractivity contribution in [1.82, 2.24) is 19.4 Å². The highest BCUT2D eigenvalue weighted by atomic mass is 19.1. The van der Waals surface area contributed by atoms with Crippen LogP contribution in [0.4, 0.5) is 10.3 Å². The molecular formula is C25H26FN5O3. The average Bonchev–Trinajstić information content (AvgIpc) is 3.33. The molecule has 1 amide bonds. The van der Waals surface area contributed by atoms with E-state index in [4.69, 9.17) is 4.74 Å². The lowest BCUT2D eigenvalue weighted by Crippen LogP contribution is -2.38. The molecule has 5 rings (SSSR count). The summed E-state index contributed by atoms with van der Waals surface area (Å²) < 4.78 is 21.0. The Morgan fingerprint density at radius 1 is 1.24 bits per heavy atom. The van der Waals surface area contributed by atoms with Crippen molar-refractivity contribution in [2.75, 3.05) is 32.1 Å². The van der Waals surface area contributed by atoms with Gasteiger partial charge in [0.25, 0.3) is 5.56 Å². The normalized spacial score (nSPS) is 20.7. The molecule has 0 bridgehead atoms. The fraction of sp³-hybridized carbons (Fsp3) is 0.360. The number of aromatic nitrogens is 3. The van der Waals surface area contributed by atoms with Gasteiger partial charge in [-0.25, -0.2) is 9.37 Å². The third-order valence-electron chi connectivity index (χ3n) is 6.91. The topological polar surface area (TPSA) is 80.6 Å². The van der Waals surface area contributed by atoms with E-state index < -0.39 is 5.82 Å². The number of hydrogen-bond acceptors (Lipinski definition) is 6. The zero-order valence-corrected chi connectivity index (χ0v) is 19.3. The Morgan fingerprint density at radius 3 is 2.71 bits per heavy atom. The van der Waals surface area contributed by atoms with Crippen LogP contribution in [0.15, 0.2) is 53.6 Å².